The Bertz CT molecular complexity index is 611. The molecule has 0 saturated heterocycles. The topological polar surface area (TPSA) is 61.5 Å². The third-order valence-electron chi connectivity index (χ3n) is 2.99. The molecule has 22 heavy (non-hydrogen) atoms. The molecular weight excluding hydrogens is 278 g/mol. The molecule has 0 heterocycles. The molecule has 116 valence electrons. The molecule has 2 aromatic rings. The van der Waals surface area contributed by atoms with Gasteiger partial charge in [0.15, 0.2) is 0 Å². The Morgan fingerprint density at radius 3 is 2.41 bits per heavy atom. The van der Waals surface area contributed by atoms with E-state index < -0.39 is 6.04 Å². The van der Waals surface area contributed by atoms with Gasteiger partial charge >= 0.3 is 5.97 Å². The van der Waals surface area contributed by atoms with Crippen molar-refractivity contribution in [2.24, 2.45) is 5.73 Å². The Hall–Kier alpha value is -2.33. The Kier molecular flexibility index (Phi) is 5.55. The van der Waals surface area contributed by atoms with Crippen molar-refractivity contribution < 1.29 is 14.3 Å². The molecule has 0 amide bonds. The van der Waals surface area contributed by atoms with Gasteiger partial charge in [-0.05, 0) is 50.1 Å². The van der Waals surface area contributed by atoms with Crippen LogP contribution in [0.25, 0.3) is 0 Å². The molecular formula is C18H21NO3. The number of esters is 1. The van der Waals surface area contributed by atoms with Crippen molar-refractivity contribution in [3.63, 3.8) is 0 Å². The summed E-state index contributed by atoms with van der Waals surface area (Å²) in [5, 5.41) is 0. The molecule has 0 radical (unpaired) electrons. The molecule has 4 heteroatoms. The van der Waals surface area contributed by atoms with E-state index in [0.29, 0.717) is 12.2 Å². The highest BCUT2D eigenvalue weighted by atomic mass is 16.5. The van der Waals surface area contributed by atoms with Crippen LogP contribution in [0.1, 0.15) is 19.4 Å². The maximum atomic E-state index is 11.8. The normalized spacial score (nSPS) is 12.0. The van der Waals surface area contributed by atoms with Gasteiger partial charge in [0.05, 0.1) is 6.10 Å². The molecule has 2 N–H and O–H groups in total. The number of carbonyl (C=O) groups is 1. The van der Waals surface area contributed by atoms with Crippen molar-refractivity contribution in [1.29, 1.82) is 0 Å². The second kappa shape index (κ2) is 7.61. The molecule has 0 unspecified atom stereocenters. The van der Waals surface area contributed by atoms with Gasteiger partial charge in [-0.25, -0.2) is 0 Å². The van der Waals surface area contributed by atoms with Crippen LogP contribution in [0.5, 0.6) is 11.5 Å². The minimum atomic E-state index is -0.672. The lowest BCUT2D eigenvalue weighted by Gasteiger charge is -2.14. The number of carbonyl (C=O) groups excluding carboxylic acids is 1. The zero-order valence-corrected chi connectivity index (χ0v) is 12.9. The van der Waals surface area contributed by atoms with Gasteiger partial charge in [0.1, 0.15) is 17.5 Å². The lowest BCUT2D eigenvalue weighted by molar-refractivity contribution is -0.148. The summed E-state index contributed by atoms with van der Waals surface area (Å²) in [6.45, 7) is 3.61. The summed E-state index contributed by atoms with van der Waals surface area (Å²) in [7, 11) is 0. The molecule has 4 nitrogen and oxygen atoms in total. The second-order valence-electron chi connectivity index (χ2n) is 5.36. The number of rotatable bonds is 6. The van der Waals surface area contributed by atoms with E-state index in [1.54, 1.807) is 13.8 Å². The molecule has 0 aromatic heterocycles. The summed E-state index contributed by atoms with van der Waals surface area (Å²) in [6, 6.07) is 16.4. The Labute approximate surface area is 130 Å². The van der Waals surface area contributed by atoms with E-state index in [0.717, 1.165) is 11.3 Å². The van der Waals surface area contributed by atoms with Gasteiger partial charge in [-0.15, -0.1) is 0 Å². The van der Waals surface area contributed by atoms with E-state index in [4.69, 9.17) is 15.2 Å². The molecule has 0 bridgehead atoms. The maximum absolute atomic E-state index is 11.8. The van der Waals surface area contributed by atoms with Crippen LogP contribution in [0.2, 0.25) is 0 Å². The first kappa shape index (κ1) is 16.0. The van der Waals surface area contributed by atoms with Crippen molar-refractivity contribution in [2.75, 3.05) is 0 Å². The number of para-hydroxylation sites is 1. The molecule has 2 aromatic carbocycles. The van der Waals surface area contributed by atoms with Crippen LogP contribution in [-0.2, 0) is 16.0 Å². The van der Waals surface area contributed by atoms with Crippen molar-refractivity contribution in [2.45, 2.75) is 32.4 Å². The van der Waals surface area contributed by atoms with Crippen LogP contribution in [0, 0.1) is 0 Å². The minimum Gasteiger partial charge on any atom is -0.462 e. The fourth-order valence-electron chi connectivity index (χ4n) is 2.02. The molecule has 0 aliphatic carbocycles. The van der Waals surface area contributed by atoms with Crippen molar-refractivity contribution in [1.82, 2.24) is 0 Å². The van der Waals surface area contributed by atoms with Crippen molar-refractivity contribution >= 4 is 5.97 Å². The van der Waals surface area contributed by atoms with E-state index in [9.17, 15) is 4.79 Å². The highest BCUT2D eigenvalue weighted by Gasteiger charge is 2.17. The van der Waals surface area contributed by atoms with Gasteiger partial charge in [-0.3, -0.25) is 4.79 Å². The Morgan fingerprint density at radius 1 is 1.05 bits per heavy atom. The highest BCUT2D eigenvalue weighted by molar-refractivity contribution is 5.76. The van der Waals surface area contributed by atoms with Crippen molar-refractivity contribution in [3.8, 4) is 11.5 Å². The summed E-state index contributed by atoms with van der Waals surface area (Å²) in [6.07, 6.45) is 0.253. The van der Waals surface area contributed by atoms with Crippen LogP contribution in [0.3, 0.4) is 0 Å². The lowest BCUT2D eigenvalue weighted by atomic mass is 10.1. The first-order chi connectivity index (χ1) is 10.5. The van der Waals surface area contributed by atoms with E-state index in [1.165, 1.54) is 0 Å². The molecule has 0 spiro atoms. The molecule has 1 atom stereocenters. The molecule has 0 saturated carbocycles. The van der Waals surface area contributed by atoms with Crippen LogP contribution in [-0.4, -0.2) is 18.1 Å². The van der Waals surface area contributed by atoms with Gasteiger partial charge in [0.25, 0.3) is 0 Å². The van der Waals surface area contributed by atoms with Gasteiger partial charge < -0.3 is 15.2 Å². The predicted octanol–water partition coefficient (Wildman–Crippen LogP) is 3.30. The average Bonchev–Trinajstić information content (AvgIpc) is 2.48. The van der Waals surface area contributed by atoms with Gasteiger partial charge in [-0.2, -0.15) is 0 Å². The second-order valence-corrected chi connectivity index (χ2v) is 5.36. The fraction of sp³-hybridized carbons (Fsp3) is 0.278. The lowest BCUT2D eigenvalue weighted by Crippen LogP contribution is -2.35. The van der Waals surface area contributed by atoms with E-state index in [2.05, 4.69) is 0 Å². The smallest absolute Gasteiger partial charge is 0.323 e. The zero-order chi connectivity index (χ0) is 15.9. The summed E-state index contributed by atoms with van der Waals surface area (Å²) >= 11 is 0. The van der Waals surface area contributed by atoms with Gasteiger partial charge in [0, 0.05) is 0 Å². The summed E-state index contributed by atoms with van der Waals surface area (Å²) < 4.78 is 10.9. The maximum Gasteiger partial charge on any atom is 0.323 e. The zero-order valence-electron chi connectivity index (χ0n) is 12.9. The largest absolute Gasteiger partial charge is 0.462 e. The number of hydrogen-bond donors (Lipinski definition) is 1. The van der Waals surface area contributed by atoms with E-state index in [-0.39, 0.29) is 12.1 Å². The summed E-state index contributed by atoms with van der Waals surface area (Å²) in [5.74, 6) is 1.10. The molecule has 0 aliphatic rings. The van der Waals surface area contributed by atoms with Crippen LogP contribution >= 0.6 is 0 Å². The predicted molar refractivity (Wildman–Crippen MR) is 85.9 cm³/mol. The first-order valence-corrected chi connectivity index (χ1v) is 7.32. The fourth-order valence-corrected chi connectivity index (χ4v) is 2.02. The van der Waals surface area contributed by atoms with Gasteiger partial charge in [0.2, 0.25) is 0 Å². The van der Waals surface area contributed by atoms with Crippen LogP contribution in [0.4, 0.5) is 0 Å². The minimum absolute atomic E-state index is 0.161. The average molecular weight is 299 g/mol. The molecule has 2 rings (SSSR count). The third kappa shape index (κ3) is 4.90. The Morgan fingerprint density at radius 2 is 1.73 bits per heavy atom. The number of nitrogens with two attached hydrogens (primary N) is 1. The highest BCUT2D eigenvalue weighted by Crippen LogP contribution is 2.22. The molecule has 0 aliphatic heterocycles. The number of hydrogen-bond acceptors (Lipinski definition) is 4. The van der Waals surface area contributed by atoms with E-state index >= 15 is 0 Å². The SMILES string of the molecule is CC(C)OC(=O)[C@H](N)Cc1cccc(Oc2ccccc2)c1. The van der Waals surface area contributed by atoms with Crippen LogP contribution in [0.15, 0.2) is 54.6 Å². The van der Waals surface area contributed by atoms with Crippen molar-refractivity contribution in [3.05, 3.63) is 60.2 Å². The quantitative estimate of drug-likeness (QED) is 0.831. The number of benzene rings is 2. The van der Waals surface area contributed by atoms with E-state index in [1.807, 2.05) is 54.6 Å². The third-order valence-corrected chi connectivity index (χ3v) is 2.99. The first-order valence-electron chi connectivity index (χ1n) is 7.32. The van der Waals surface area contributed by atoms with Crippen LogP contribution < -0.4 is 10.5 Å². The summed E-state index contributed by atoms with van der Waals surface area (Å²) in [5.41, 5.74) is 6.82. The monoisotopic (exact) mass is 299 g/mol. The molecule has 0 fully saturated rings. The van der Waals surface area contributed by atoms with Gasteiger partial charge in [-0.1, -0.05) is 30.3 Å². The Balaban J connectivity index is 2.01. The number of ether oxygens (including phenoxy) is 2. The standard InChI is InChI=1S/C18H21NO3/c1-13(2)21-18(20)17(19)12-14-7-6-10-16(11-14)22-15-8-4-3-5-9-15/h3-11,13,17H,12,19H2,1-2H3/t17-/m1/s1. The summed E-state index contributed by atoms with van der Waals surface area (Å²) in [4.78, 5) is 11.8.